The summed E-state index contributed by atoms with van der Waals surface area (Å²) in [6.45, 7) is 6.27. The Morgan fingerprint density at radius 1 is 1.43 bits per heavy atom. The van der Waals surface area contributed by atoms with Crippen LogP contribution in [0.1, 0.15) is 31.0 Å². The van der Waals surface area contributed by atoms with Gasteiger partial charge in [0.25, 0.3) is 0 Å². The third-order valence-corrected chi connectivity index (χ3v) is 3.86. The molecule has 6 heteroatoms. The number of methoxy groups -OCH3 is 2. The van der Waals surface area contributed by atoms with Crippen LogP contribution in [-0.2, 0) is 11.2 Å². The molecule has 0 heterocycles. The maximum atomic E-state index is 11.1. The van der Waals surface area contributed by atoms with Crippen LogP contribution in [0.15, 0.2) is 18.2 Å². The molecule has 0 spiro atoms. The Bertz CT molecular complexity index is 555. The van der Waals surface area contributed by atoms with Crippen molar-refractivity contribution < 1.29 is 14.3 Å². The van der Waals surface area contributed by atoms with Crippen LogP contribution >= 0.6 is 0 Å². The maximum absolute atomic E-state index is 11.1. The average molecular weight is 319 g/mol. The molecule has 0 aliphatic rings. The molecule has 0 fully saturated rings. The van der Waals surface area contributed by atoms with Crippen molar-refractivity contribution in [3.63, 3.8) is 0 Å². The number of alkyl carbamates (subject to hydrolysis) is 1. The second-order valence-electron chi connectivity index (χ2n) is 5.13. The van der Waals surface area contributed by atoms with E-state index < -0.39 is 6.09 Å². The van der Waals surface area contributed by atoms with Crippen LogP contribution in [0.25, 0.3) is 0 Å². The molecule has 1 N–H and O–H groups in total. The summed E-state index contributed by atoms with van der Waals surface area (Å²) in [6, 6.07) is 8.27. The van der Waals surface area contributed by atoms with Gasteiger partial charge in [0.05, 0.1) is 26.7 Å². The van der Waals surface area contributed by atoms with E-state index in [1.54, 1.807) is 7.11 Å². The first-order valence-electron chi connectivity index (χ1n) is 7.66. The van der Waals surface area contributed by atoms with Crippen molar-refractivity contribution in [2.75, 3.05) is 33.9 Å². The molecule has 0 aliphatic carbocycles. The summed E-state index contributed by atoms with van der Waals surface area (Å²) in [5.74, 6) is 0.734. The van der Waals surface area contributed by atoms with E-state index in [0.717, 1.165) is 23.4 Å². The predicted octanol–water partition coefficient (Wildman–Crippen LogP) is 2.50. The number of likely N-dealkylation sites (N-methyl/N-ethyl adjacent to an activating group) is 1. The number of benzene rings is 1. The number of hydrogen-bond acceptors (Lipinski definition) is 5. The zero-order chi connectivity index (χ0) is 17.2. The SMILES string of the molecule is CCN(CCNC(=O)OC)C(C)c1ccc(OC)c(CC#N)c1. The summed E-state index contributed by atoms with van der Waals surface area (Å²) in [6.07, 6.45) is -0.103. The van der Waals surface area contributed by atoms with Crippen LogP contribution in [0.4, 0.5) is 4.79 Å². The summed E-state index contributed by atoms with van der Waals surface area (Å²) in [7, 11) is 2.96. The minimum Gasteiger partial charge on any atom is -0.496 e. The van der Waals surface area contributed by atoms with Crippen LogP contribution in [0.2, 0.25) is 0 Å². The van der Waals surface area contributed by atoms with E-state index in [4.69, 9.17) is 10.00 Å². The quantitative estimate of drug-likeness (QED) is 0.797. The molecule has 1 unspecified atom stereocenters. The Morgan fingerprint density at radius 3 is 2.74 bits per heavy atom. The number of carbonyl (C=O) groups is 1. The zero-order valence-corrected chi connectivity index (χ0v) is 14.3. The lowest BCUT2D eigenvalue weighted by atomic mass is 10.0. The standard InChI is InChI=1S/C17H25N3O3/c1-5-20(11-10-19-17(21)23-4)13(2)14-6-7-16(22-3)15(12-14)8-9-18/h6-7,12-13H,5,8,10-11H2,1-4H3,(H,19,21). The molecular weight excluding hydrogens is 294 g/mol. The summed E-state index contributed by atoms with van der Waals surface area (Å²) < 4.78 is 9.86. The van der Waals surface area contributed by atoms with E-state index in [9.17, 15) is 4.79 Å². The summed E-state index contributed by atoms with van der Waals surface area (Å²) in [5, 5.41) is 11.6. The van der Waals surface area contributed by atoms with Crippen LogP contribution in [-0.4, -0.2) is 44.8 Å². The van der Waals surface area contributed by atoms with Crippen molar-refractivity contribution >= 4 is 6.09 Å². The second-order valence-corrected chi connectivity index (χ2v) is 5.13. The van der Waals surface area contributed by atoms with Gasteiger partial charge in [0.15, 0.2) is 0 Å². The largest absolute Gasteiger partial charge is 0.496 e. The summed E-state index contributed by atoms with van der Waals surface area (Å²) >= 11 is 0. The number of nitrogens with zero attached hydrogens (tertiary/aromatic N) is 2. The van der Waals surface area contributed by atoms with Crippen LogP contribution in [0.5, 0.6) is 5.75 Å². The first-order chi connectivity index (χ1) is 11.1. The maximum Gasteiger partial charge on any atom is 0.406 e. The molecule has 1 aromatic rings. The third-order valence-electron chi connectivity index (χ3n) is 3.86. The van der Waals surface area contributed by atoms with Gasteiger partial charge in [-0.15, -0.1) is 0 Å². The van der Waals surface area contributed by atoms with Crippen LogP contribution in [0.3, 0.4) is 0 Å². The molecule has 1 amide bonds. The van der Waals surface area contributed by atoms with Gasteiger partial charge in [-0.1, -0.05) is 13.0 Å². The molecule has 6 nitrogen and oxygen atoms in total. The lowest BCUT2D eigenvalue weighted by Gasteiger charge is -2.28. The number of hydrogen-bond donors (Lipinski definition) is 1. The second kappa shape index (κ2) is 9.70. The van der Waals surface area contributed by atoms with E-state index in [2.05, 4.69) is 34.9 Å². The van der Waals surface area contributed by atoms with Crippen molar-refractivity contribution in [1.82, 2.24) is 10.2 Å². The highest BCUT2D eigenvalue weighted by molar-refractivity contribution is 5.66. The highest BCUT2D eigenvalue weighted by Gasteiger charge is 2.16. The number of nitrogens with one attached hydrogen (secondary N) is 1. The molecule has 23 heavy (non-hydrogen) atoms. The van der Waals surface area contributed by atoms with Crippen molar-refractivity contribution in [3.05, 3.63) is 29.3 Å². The van der Waals surface area contributed by atoms with Gasteiger partial charge in [0.1, 0.15) is 5.75 Å². The fourth-order valence-corrected chi connectivity index (χ4v) is 2.49. The van der Waals surface area contributed by atoms with E-state index in [1.807, 2.05) is 18.2 Å². The molecule has 0 saturated heterocycles. The minimum atomic E-state index is -0.422. The number of ether oxygens (including phenoxy) is 2. The number of carbonyl (C=O) groups excluding carboxylic acids is 1. The Balaban J connectivity index is 2.80. The minimum absolute atomic E-state index is 0.169. The molecule has 126 valence electrons. The van der Waals surface area contributed by atoms with Gasteiger partial charge < -0.3 is 14.8 Å². The molecular formula is C17H25N3O3. The first kappa shape index (κ1) is 18.8. The van der Waals surface area contributed by atoms with Crippen molar-refractivity contribution in [3.8, 4) is 11.8 Å². The fraction of sp³-hybridized carbons (Fsp3) is 0.529. The molecule has 0 aliphatic heterocycles. The van der Waals surface area contributed by atoms with Crippen molar-refractivity contribution in [1.29, 1.82) is 5.26 Å². The highest BCUT2D eigenvalue weighted by atomic mass is 16.5. The average Bonchev–Trinajstić information content (AvgIpc) is 2.58. The van der Waals surface area contributed by atoms with Gasteiger partial charge in [0, 0.05) is 24.7 Å². The number of amides is 1. The molecule has 1 aromatic carbocycles. The Kier molecular flexibility index (Phi) is 7.92. The highest BCUT2D eigenvalue weighted by Crippen LogP contribution is 2.26. The van der Waals surface area contributed by atoms with Crippen LogP contribution < -0.4 is 10.1 Å². The van der Waals surface area contributed by atoms with Gasteiger partial charge in [0.2, 0.25) is 0 Å². The zero-order valence-electron chi connectivity index (χ0n) is 14.3. The monoisotopic (exact) mass is 319 g/mol. The van der Waals surface area contributed by atoms with Crippen LogP contribution in [0, 0.1) is 11.3 Å². The van der Waals surface area contributed by atoms with E-state index in [0.29, 0.717) is 19.5 Å². The van der Waals surface area contributed by atoms with Crippen molar-refractivity contribution in [2.45, 2.75) is 26.3 Å². The molecule has 0 saturated carbocycles. The van der Waals surface area contributed by atoms with Gasteiger partial charge in [-0.2, -0.15) is 5.26 Å². The number of rotatable bonds is 8. The van der Waals surface area contributed by atoms with Gasteiger partial charge in [-0.3, -0.25) is 4.90 Å². The van der Waals surface area contributed by atoms with E-state index >= 15 is 0 Å². The normalized spacial score (nSPS) is 11.7. The number of nitriles is 1. The summed E-state index contributed by atoms with van der Waals surface area (Å²) in [5.41, 5.74) is 2.01. The van der Waals surface area contributed by atoms with Gasteiger partial charge in [-0.05, 0) is 31.2 Å². The molecule has 0 bridgehead atoms. The smallest absolute Gasteiger partial charge is 0.406 e. The first-order valence-corrected chi connectivity index (χ1v) is 7.66. The third kappa shape index (κ3) is 5.46. The topological polar surface area (TPSA) is 74.6 Å². The van der Waals surface area contributed by atoms with Gasteiger partial charge >= 0.3 is 6.09 Å². The lowest BCUT2D eigenvalue weighted by molar-refractivity contribution is 0.165. The molecule has 0 aromatic heterocycles. The fourth-order valence-electron chi connectivity index (χ4n) is 2.49. The van der Waals surface area contributed by atoms with Gasteiger partial charge in [-0.25, -0.2) is 4.79 Å². The van der Waals surface area contributed by atoms with E-state index in [1.165, 1.54) is 7.11 Å². The van der Waals surface area contributed by atoms with E-state index in [-0.39, 0.29) is 6.04 Å². The Morgan fingerprint density at radius 2 is 2.17 bits per heavy atom. The molecule has 1 rings (SSSR count). The lowest BCUT2D eigenvalue weighted by Crippen LogP contribution is -2.36. The molecule has 0 radical (unpaired) electrons. The summed E-state index contributed by atoms with van der Waals surface area (Å²) in [4.78, 5) is 13.4. The Hall–Kier alpha value is -2.26. The predicted molar refractivity (Wildman–Crippen MR) is 88.4 cm³/mol. The van der Waals surface area contributed by atoms with Crippen molar-refractivity contribution in [2.24, 2.45) is 0 Å². The molecule has 1 atom stereocenters. The Labute approximate surface area is 138 Å².